The quantitative estimate of drug-likeness (QED) is 0.165. The Labute approximate surface area is 401 Å². The molecule has 0 aliphatic heterocycles. The molecule has 0 aliphatic rings. The van der Waals surface area contributed by atoms with E-state index in [9.17, 15) is 0 Å². The number of fused-ring (bicyclic) bond motifs is 3. The van der Waals surface area contributed by atoms with E-state index in [0.29, 0.717) is 0 Å². The second kappa shape index (κ2) is 17.1. The monoisotopic (exact) mass is 889 g/mol. The predicted octanol–water partition coefficient (Wildman–Crippen LogP) is 17.6. The molecule has 0 fully saturated rings. The third-order valence-corrected chi connectivity index (χ3v) is 13.3. The minimum Gasteiger partial charge on any atom is -0.457 e. The van der Waals surface area contributed by atoms with Crippen molar-refractivity contribution in [3.05, 3.63) is 167 Å². The highest BCUT2D eigenvalue weighted by atomic mass is 16.5. The van der Waals surface area contributed by atoms with Crippen molar-refractivity contribution in [2.75, 3.05) is 17.3 Å². The van der Waals surface area contributed by atoms with E-state index in [1.165, 1.54) is 44.3 Å². The van der Waals surface area contributed by atoms with Gasteiger partial charge in [-0.25, -0.2) is 4.98 Å². The lowest BCUT2D eigenvalue weighted by Crippen LogP contribution is -2.18. The van der Waals surface area contributed by atoms with Crippen LogP contribution < -0.4 is 15.0 Å². The molecule has 0 spiro atoms. The number of hydrogen-bond acceptors (Lipinski definition) is 4. The summed E-state index contributed by atoms with van der Waals surface area (Å²) in [4.78, 5) is 7.25. The molecule has 8 aromatic rings. The van der Waals surface area contributed by atoms with E-state index in [2.05, 4.69) is 253 Å². The van der Waals surface area contributed by atoms with Crippen LogP contribution in [-0.4, -0.2) is 16.6 Å². The number of benzene rings is 6. The Balaban J connectivity index is 1.18. The number of pyridine rings is 1. The first-order valence-electron chi connectivity index (χ1n) is 24.0. The molecular formula is C62H72N4O. The molecule has 8 rings (SSSR count). The van der Waals surface area contributed by atoms with Crippen LogP contribution in [0.15, 0.2) is 140 Å². The third kappa shape index (κ3) is 10.0. The van der Waals surface area contributed by atoms with Crippen LogP contribution in [0.1, 0.15) is 132 Å². The van der Waals surface area contributed by atoms with Gasteiger partial charge < -0.3 is 15.0 Å². The van der Waals surface area contributed by atoms with Gasteiger partial charge in [0.1, 0.15) is 17.3 Å². The number of hydrogen-bond donors (Lipinski definition) is 1. The largest absolute Gasteiger partial charge is 0.457 e. The molecule has 5 nitrogen and oxygen atoms in total. The van der Waals surface area contributed by atoms with Gasteiger partial charge in [0.15, 0.2) is 0 Å². The summed E-state index contributed by atoms with van der Waals surface area (Å²) < 4.78 is 9.12. The van der Waals surface area contributed by atoms with Crippen LogP contribution in [0, 0.1) is 0 Å². The summed E-state index contributed by atoms with van der Waals surface area (Å²) in [6, 6.07) is 48.9. The molecule has 0 aliphatic carbocycles. The van der Waals surface area contributed by atoms with E-state index >= 15 is 0 Å². The van der Waals surface area contributed by atoms with E-state index in [4.69, 9.17) is 9.72 Å². The summed E-state index contributed by atoms with van der Waals surface area (Å²) in [5, 5.41) is 6.20. The number of aromatic nitrogens is 2. The molecule has 0 unspecified atom stereocenters. The van der Waals surface area contributed by atoms with E-state index in [1.54, 1.807) is 0 Å². The molecule has 0 saturated carbocycles. The van der Waals surface area contributed by atoms with Crippen molar-refractivity contribution in [1.82, 2.24) is 9.55 Å². The molecule has 1 N–H and O–H groups in total. The highest BCUT2D eigenvalue weighted by Gasteiger charge is 2.24. The average molecular weight is 889 g/mol. The minimum absolute atomic E-state index is 0.00602. The Hall–Kier alpha value is -6.33. The van der Waals surface area contributed by atoms with Crippen molar-refractivity contribution in [3.8, 4) is 28.4 Å². The van der Waals surface area contributed by atoms with Gasteiger partial charge in [-0.1, -0.05) is 152 Å². The normalized spacial score (nSPS) is 12.8. The second-order valence-electron chi connectivity index (χ2n) is 23.8. The van der Waals surface area contributed by atoms with Gasteiger partial charge in [0.05, 0.1) is 22.4 Å². The van der Waals surface area contributed by atoms with Crippen molar-refractivity contribution in [2.45, 2.75) is 131 Å². The maximum absolute atomic E-state index is 6.83. The molecule has 6 aromatic carbocycles. The lowest BCUT2D eigenvalue weighted by molar-refractivity contribution is 0.483. The summed E-state index contributed by atoms with van der Waals surface area (Å²) in [5.41, 5.74) is 15.3. The van der Waals surface area contributed by atoms with Gasteiger partial charge in [0, 0.05) is 47.5 Å². The molecule has 0 atom stereocenters. The molecule has 2 heterocycles. The van der Waals surface area contributed by atoms with Crippen LogP contribution >= 0.6 is 0 Å². The number of anilines is 4. The van der Waals surface area contributed by atoms with Crippen LogP contribution in [0.25, 0.3) is 38.8 Å². The standard InChI is InChI=1S/C62H72N4O/c1-58(2,3)42-23-20-40(21-24-42)41-22-29-54-52(32-41)51-27-26-50(39-55(51)66(54)57-37-44(30-31-63-57)60(7,8)9)67-49-19-17-18-48(38-49)65(16)56-36-43(59(4,5)6)25-28-53(56)64-47-34-45(61(10,11)12)33-46(35-47)62(13,14)15/h17-39,64H,1-16H3. The van der Waals surface area contributed by atoms with Crippen LogP contribution in [0.5, 0.6) is 11.5 Å². The topological polar surface area (TPSA) is 42.3 Å². The molecule has 0 bridgehead atoms. The highest BCUT2D eigenvalue weighted by molar-refractivity contribution is 6.10. The minimum atomic E-state index is -0.0344. The Bertz CT molecular complexity index is 3070. The predicted molar refractivity (Wildman–Crippen MR) is 288 cm³/mol. The van der Waals surface area contributed by atoms with Crippen LogP contribution in [0.4, 0.5) is 22.7 Å². The lowest BCUT2D eigenvalue weighted by Gasteiger charge is -2.29. The van der Waals surface area contributed by atoms with Gasteiger partial charge in [0.2, 0.25) is 0 Å². The zero-order chi connectivity index (χ0) is 48.4. The van der Waals surface area contributed by atoms with Gasteiger partial charge in [0.25, 0.3) is 0 Å². The lowest BCUT2D eigenvalue weighted by atomic mass is 9.80. The smallest absolute Gasteiger partial charge is 0.137 e. The summed E-state index contributed by atoms with van der Waals surface area (Å²) in [7, 11) is 2.15. The molecule has 346 valence electrons. The van der Waals surface area contributed by atoms with Crippen LogP contribution in [0.3, 0.4) is 0 Å². The molecule has 0 amide bonds. The molecule has 67 heavy (non-hydrogen) atoms. The second-order valence-corrected chi connectivity index (χ2v) is 23.8. The van der Waals surface area contributed by atoms with Crippen LogP contribution in [-0.2, 0) is 27.1 Å². The third-order valence-electron chi connectivity index (χ3n) is 13.3. The van der Waals surface area contributed by atoms with E-state index in [-0.39, 0.29) is 27.1 Å². The van der Waals surface area contributed by atoms with Gasteiger partial charge in [-0.2, -0.15) is 0 Å². The molecule has 5 heteroatoms. The first-order chi connectivity index (χ1) is 31.2. The molecule has 0 radical (unpaired) electrons. The Morgan fingerprint density at radius 3 is 1.67 bits per heavy atom. The first-order valence-corrected chi connectivity index (χ1v) is 24.0. The Kier molecular flexibility index (Phi) is 12.0. The van der Waals surface area contributed by atoms with Gasteiger partial charge in [-0.15, -0.1) is 0 Å². The Morgan fingerprint density at radius 2 is 1.04 bits per heavy atom. The van der Waals surface area contributed by atoms with Gasteiger partial charge in [-0.3, -0.25) is 4.57 Å². The fourth-order valence-corrected chi connectivity index (χ4v) is 8.79. The van der Waals surface area contributed by atoms with E-state index in [1.807, 2.05) is 12.3 Å². The summed E-state index contributed by atoms with van der Waals surface area (Å²) in [5.74, 6) is 2.40. The van der Waals surface area contributed by atoms with Crippen molar-refractivity contribution in [3.63, 3.8) is 0 Å². The highest BCUT2D eigenvalue weighted by Crippen LogP contribution is 2.42. The van der Waals surface area contributed by atoms with Crippen LogP contribution in [0.2, 0.25) is 0 Å². The zero-order valence-corrected chi connectivity index (χ0v) is 43.0. The fourth-order valence-electron chi connectivity index (χ4n) is 8.79. The van der Waals surface area contributed by atoms with Crippen molar-refractivity contribution in [2.24, 2.45) is 0 Å². The van der Waals surface area contributed by atoms with E-state index < -0.39 is 0 Å². The SMILES string of the molecule is CN(c1cccc(Oc2ccc3c4cc(-c5ccc(C(C)(C)C)cc5)ccc4n(-c4cc(C(C)(C)C)ccn4)c3c2)c1)c1cc(C(C)(C)C)ccc1Nc1cc(C(C)(C)C)cc(C(C)(C)C)c1. The average Bonchev–Trinajstić information content (AvgIpc) is 3.57. The van der Waals surface area contributed by atoms with Gasteiger partial charge in [-0.05, 0) is 139 Å². The number of nitrogens with zero attached hydrogens (tertiary/aromatic N) is 3. The maximum atomic E-state index is 6.83. The number of rotatable bonds is 8. The molecule has 2 aromatic heterocycles. The first kappa shape index (κ1) is 47.2. The van der Waals surface area contributed by atoms with Gasteiger partial charge >= 0.3 is 0 Å². The molecular weight excluding hydrogens is 817 g/mol. The number of nitrogens with one attached hydrogen (secondary N) is 1. The fraction of sp³-hybridized carbons (Fsp3) is 0.339. The maximum Gasteiger partial charge on any atom is 0.137 e. The van der Waals surface area contributed by atoms with E-state index in [0.717, 1.165) is 56.5 Å². The number of ether oxygens (including phenoxy) is 1. The Morgan fingerprint density at radius 1 is 0.463 bits per heavy atom. The molecule has 0 saturated heterocycles. The summed E-state index contributed by atoms with van der Waals surface area (Å²) in [6.45, 7) is 34.1. The van der Waals surface area contributed by atoms with Crippen molar-refractivity contribution in [1.29, 1.82) is 0 Å². The summed E-state index contributed by atoms with van der Waals surface area (Å²) >= 11 is 0. The van der Waals surface area contributed by atoms with Crippen molar-refractivity contribution >= 4 is 44.6 Å². The van der Waals surface area contributed by atoms with Crippen molar-refractivity contribution < 1.29 is 4.74 Å². The summed E-state index contributed by atoms with van der Waals surface area (Å²) in [6.07, 6.45) is 1.94. The zero-order valence-electron chi connectivity index (χ0n) is 43.0.